The molecule has 0 spiro atoms. The van der Waals surface area contributed by atoms with Gasteiger partial charge in [-0.1, -0.05) is 5.16 Å². The summed E-state index contributed by atoms with van der Waals surface area (Å²) in [7, 11) is -2.29. The lowest BCUT2D eigenvalue weighted by Crippen LogP contribution is -2.24. The van der Waals surface area contributed by atoms with E-state index in [0.717, 1.165) is 22.4 Å². The summed E-state index contributed by atoms with van der Waals surface area (Å²) in [5, 5.41) is 3.65. The standard InChI is InChI=1S/C18H21N3O5S/c1-10-8-19-14(12(3)17(10)24-5)9-20-27(22,23)16-7-6-15(25-16)18-11(2)13(4)21-26-18/h6-8,20H,9H2,1-5H3. The lowest BCUT2D eigenvalue weighted by Gasteiger charge is -2.12. The molecule has 144 valence electrons. The first-order valence-electron chi connectivity index (χ1n) is 8.26. The molecule has 3 heterocycles. The van der Waals surface area contributed by atoms with E-state index in [1.165, 1.54) is 6.07 Å². The summed E-state index contributed by atoms with van der Waals surface area (Å²) < 4.78 is 43.7. The summed E-state index contributed by atoms with van der Waals surface area (Å²) in [6, 6.07) is 2.92. The van der Waals surface area contributed by atoms with E-state index in [0.29, 0.717) is 23.0 Å². The van der Waals surface area contributed by atoms with Gasteiger partial charge in [0, 0.05) is 22.9 Å². The third kappa shape index (κ3) is 3.60. The van der Waals surface area contributed by atoms with E-state index in [1.807, 2.05) is 20.8 Å². The maximum Gasteiger partial charge on any atom is 0.274 e. The molecule has 0 aliphatic heterocycles. The van der Waals surface area contributed by atoms with Crippen LogP contribution in [0.5, 0.6) is 5.75 Å². The molecule has 3 aromatic heterocycles. The fourth-order valence-electron chi connectivity index (χ4n) is 2.72. The Kier molecular flexibility index (Phi) is 5.07. The van der Waals surface area contributed by atoms with Gasteiger partial charge in [0.1, 0.15) is 5.75 Å². The van der Waals surface area contributed by atoms with E-state index in [9.17, 15) is 8.42 Å². The number of furan rings is 1. The van der Waals surface area contributed by atoms with E-state index in [4.69, 9.17) is 13.7 Å². The zero-order valence-electron chi connectivity index (χ0n) is 15.8. The molecule has 0 radical (unpaired) electrons. The number of sulfonamides is 1. The van der Waals surface area contributed by atoms with Gasteiger partial charge in [-0.15, -0.1) is 0 Å². The Labute approximate surface area is 157 Å². The highest BCUT2D eigenvalue weighted by Crippen LogP contribution is 2.29. The lowest BCUT2D eigenvalue weighted by molar-refractivity contribution is 0.397. The minimum absolute atomic E-state index is 0.0152. The van der Waals surface area contributed by atoms with Crippen LogP contribution in [0.15, 0.2) is 32.4 Å². The van der Waals surface area contributed by atoms with Crippen molar-refractivity contribution in [2.24, 2.45) is 0 Å². The summed E-state index contributed by atoms with van der Waals surface area (Å²) in [4.78, 5) is 4.29. The Bertz CT molecular complexity index is 1080. The molecule has 0 atom stereocenters. The van der Waals surface area contributed by atoms with Gasteiger partial charge in [-0.05, 0) is 39.8 Å². The number of methoxy groups -OCH3 is 1. The Balaban J connectivity index is 1.81. The number of hydrogen-bond donors (Lipinski definition) is 1. The highest BCUT2D eigenvalue weighted by atomic mass is 32.2. The van der Waals surface area contributed by atoms with Crippen molar-refractivity contribution in [1.82, 2.24) is 14.9 Å². The van der Waals surface area contributed by atoms with E-state index in [-0.39, 0.29) is 11.6 Å². The predicted octanol–water partition coefficient (Wildman–Crippen LogP) is 3.05. The summed E-state index contributed by atoms with van der Waals surface area (Å²) in [5.41, 5.74) is 3.77. The number of pyridine rings is 1. The Morgan fingerprint density at radius 1 is 1.15 bits per heavy atom. The van der Waals surface area contributed by atoms with Crippen molar-refractivity contribution in [3.05, 3.63) is 46.4 Å². The van der Waals surface area contributed by atoms with E-state index in [2.05, 4.69) is 14.9 Å². The van der Waals surface area contributed by atoms with Gasteiger partial charge in [0.25, 0.3) is 10.0 Å². The molecule has 1 N–H and O–H groups in total. The smallest absolute Gasteiger partial charge is 0.274 e. The number of hydrogen-bond acceptors (Lipinski definition) is 7. The van der Waals surface area contributed by atoms with Crippen LogP contribution in [0, 0.1) is 27.7 Å². The first kappa shape index (κ1) is 19.1. The average Bonchev–Trinajstić information content (AvgIpc) is 3.23. The number of aryl methyl sites for hydroxylation is 2. The maximum absolute atomic E-state index is 12.6. The normalized spacial score (nSPS) is 11.7. The van der Waals surface area contributed by atoms with Crippen LogP contribution in [-0.4, -0.2) is 25.7 Å². The molecule has 0 aliphatic carbocycles. The van der Waals surface area contributed by atoms with Crippen LogP contribution in [0.2, 0.25) is 0 Å². The summed E-state index contributed by atoms with van der Waals surface area (Å²) in [6.45, 7) is 7.36. The molecular formula is C18H21N3O5S. The van der Waals surface area contributed by atoms with Crippen molar-refractivity contribution in [3.8, 4) is 17.3 Å². The molecule has 0 saturated heterocycles. The third-order valence-corrected chi connectivity index (χ3v) is 5.68. The second-order valence-corrected chi connectivity index (χ2v) is 7.91. The fraction of sp³-hybridized carbons (Fsp3) is 0.333. The molecule has 0 saturated carbocycles. The Morgan fingerprint density at radius 3 is 2.52 bits per heavy atom. The van der Waals surface area contributed by atoms with Gasteiger partial charge in [-0.2, -0.15) is 0 Å². The van der Waals surface area contributed by atoms with Gasteiger partial charge >= 0.3 is 0 Å². The van der Waals surface area contributed by atoms with Gasteiger partial charge in [0.2, 0.25) is 10.9 Å². The molecule has 0 amide bonds. The van der Waals surface area contributed by atoms with Crippen LogP contribution in [0.25, 0.3) is 11.5 Å². The van der Waals surface area contributed by atoms with Crippen LogP contribution < -0.4 is 9.46 Å². The molecule has 0 aromatic carbocycles. The van der Waals surface area contributed by atoms with Crippen molar-refractivity contribution in [2.45, 2.75) is 39.3 Å². The van der Waals surface area contributed by atoms with Gasteiger partial charge in [0.15, 0.2) is 5.76 Å². The van der Waals surface area contributed by atoms with E-state index in [1.54, 1.807) is 26.3 Å². The molecule has 0 fully saturated rings. The molecule has 0 bridgehead atoms. The van der Waals surface area contributed by atoms with Crippen molar-refractivity contribution in [2.75, 3.05) is 7.11 Å². The number of rotatable bonds is 6. The molecule has 3 aromatic rings. The first-order valence-corrected chi connectivity index (χ1v) is 9.74. The van der Waals surface area contributed by atoms with E-state index >= 15 is 0 Å². The van der Waals surface area contributed by atoms with Crippen LogP contribution in [0.1, 0.15) is 28.1 Å². The second kappa shape index (κ2) is 7.16. The van der Waals surface area contributed by atoms with Gasteiger partial charge in [-0.25, -0.2) is 13.1 Å². The first-order chi connectivity index (χ1) is 12.7. The SMILES string of the molecule is COc1c(C)cnc(CNS(=O)(=O)c2ccc(-c3onc(C)c3C)o2)c1C. The van der Waals surface area contributed by atoms with Crippen LogP contribution >= 0.6 is 0 Å². The molecule has 0 unspecified atom stereocenters. The van der Waals surface area contributed by atoms with Crippen LogP contribution in [0.3, 0.4) is 0 Å². The largest absolute Gasteiger partial charge is 0.496 e. The minimum atomic E-state index is -3.86. The summed E-state index contributed by atoms with van der Waals surface area (Å²) in [6.07, 6.45) is 1.65. The van der Waals surface area contributed by atoms with Crippen LogP contribution in [-0.2, 0) is 16.6 Å². The molecule has 9 heteroatoms. The Hall–Kier alpha value is -2.65. The zero-order valence-corrected chi connectivity index (χ0v) is 16.6. The Morgan fingerprint density at radius 2 is 1.89 bits per heavy atom. The number of nitrogens with one attached hydrogen (secondary N) is 1. The van der Waals surface area contributed by atoms with Crippen molar-refractivity contribution in [3.63, 3.8) is 0 Å². The molecule has 27 heavy (non-hydrogen) atoms. The molecular weight excluding hydrogens is 370 g/mol. The number of aromatic nitrogens is 2. The van der Waals surface area contributed by atoms with Crippen LogP contribution in [0.4, 0.5) is 0 Å². The van der Waals surface area contributed by atoms with Gasteiger partial charge in [-0.3, -0.25) is 4.98 Å². The van der Waals surface area contributed by atoms with Gasteiger partial charge < -0.3 is 13.7 Å². The van der Waals surface area contributed by atoms with Gasteiger partial charge in [0.05, 0.1) is 25.0 Å². The third-order valence-electron chi connectivity index (χ3n) is 4.41. The van der Waals surface area contributed by atoms with E-state index < -0.39 is 10.0 Å². The highest BCUT2D eigenvalue weighted by Gasteiger charge is 2.22. The second-order valence-electron chi connectivity index (χ2n) is 6.21. The number of nitrogens with zero attached hydrogens (tertiary/aromatic N) is 2. The summed E-state index contributed by atoms with van der Waals surface area (Å²) >= 11 is 0. The number of ether oxygens (including phenoxy) is 1. The molecule has 0 aliphatic rings. The maximum atomic E-state index is 12.6. The topological polar surface area (TPSA) is 107 Å². The summed E-state index contributed by atoms with van der Waals surface area (Å²) in [5.74, 6) is 1.41. The predicted molar refractivity (Wildman–Crippen MR) is 98.0 cm³/mol. The van der Waals surface area contributed by atoms with Crippen molar-refractivity contribution < 1.29 is 22.1 Å². The highest BCUT2D eigenvalue weighted by molar-refractivity contribution is 7.89. The lowest BCUT2D eigenvalue weighted by atomic mass is 10.1. The molecule has 3 rings (SSSR count). The monoisotopic (exact) mass is 391 g/mol. The van der Waals surface area contributed by atoms with Crippen molar-refractivity contribution in [1.29, 1.82) is 0 Å². The average molecular weight is 391 g/mol. The zero-order chi connectivity index (χ0) is 19.8. The minimum Gasteiger partial charge on any atom is -0.496 e. The molecule has 8 nitrogen and oxygen atoms in total. The quantitative estimate of drug-likeness (QED) is 0.688. The van der Waals surface area contributed by atoms with Crippen molar-refractivity contribution >= 4 is 10.0 Å². The fourth-order valence-corrected chi connectivity index (χ4v) is 3.63.